The van der Waals surface area contributed by atoms with Gasteiger partial charge in [-0.1, -0.05) is 69.7 Å². The van der Waals surface area contributed by atoms with Crippen molar-refractivity contribution in [2.45, 2.75) is 57.8 Å². The third-order valence-electron chi connectivity index (χ3n) is 11.3. The lowest BCUT2D eigenvalue weighted by atomic mass is 9.88. The Labute approximate surface area is 370 Å². The summed E-state index contributed by atoms with van der Waals surface area (Å²) in [4.78, 5) is 28.5. The average Bonchev–Trinajstić information content (AvgIpc) is 3.49. The highest BCUT2D eigenvalue weighted by Gasteiger charge is 2.29. The number of fused-ring (bicyclic) bond motifs is 4. The lowest BCUT2D eigenvalue weighted by Gasteiger charge is -2.30. The van der Waals surface area contributed by atoms with Gasteiger partial charge in [-0.15, -0.1) is 0 Å². The van der Waals surface area contributed by atoms with E-state index in [1.165, 1.54) is 39.0 Å². The summed E-state index contributed by atoms with van der Waals surface area (Å²) in [5.74, 6) is 0.156. The van der Waals surface area contributed by atoms with E-state index in [1.807, 2.05) is 35.4 Å². The molecule has 57 heavy (non-hydrogen) atoms. The number of carbonyl (C=O) groups excluding carboxylic acids is 1. The maximum atomic E-state index is 12.9. The number of nitrogens with zero attached hydrogens (tertiary/aromatic N) is 4. The molecule has 1 N–H and O–H groups in total. The van der Waals surface area contributed by atoms with E-state index in [9.17, 15) is 4.79 Å². The number of nitrogens with one attached hydrogen (secondary N) is 1. The van der Waals surface area contributed by atoms with Gasteiger partial charge in [-0.2, -0.15) is 0 Å². The van der Waals surface area contributed by atoms with Crippen LogP contribution in [0.1, 0.15) is 76.0 Å². The molecule has 4 aliphatic rings. The maximum Gasteiger partial charge on any atom is 0.227 e. The van der Waals surface area contributed by atoms with Crippen LogP contribution in [0.3, 0.4) is 0 Å². The molecule has 292 valence electrons. The van der Waals surface area contributed by atoms with Gasteiger partial charge in [0.2, 0.25) is 5.91 Å². The lowest BCUT2D eigenvalue weighted by Crippen LogP contribution is -2.37. The molecule has 3 aromatic heterocycles. The van der Waals surface area contributed by atoms with Gasteiger partial charge in [-0.05, 0) is 172 Å². The molecular weight excluding hydrogens is 928 g/mol. The number of piperidine rings is 2. The van der Waals surface area contributed by atoms with Gasteiger partial charge in [-0.25, -0.2) is 0 Å². The normalized spacial score (nSPS) is 16.4. The van der Waals surface area contributed by atoms with Crippen molar-refractivity contribution >= 4 is 95.3 Å². The molecule has 6 nitrogen and oxygen atoms in total. The Balaban J connectivity index is 0.000000168. The number of rotatable bonds is 2. The monoisotopic (exact) mass is 963 g/mol. The molecule has 9 rings (SSSR count). The van der Waals surface area contributed by atoms with E-state index in [4.69, 9.17) is 56.4 Å². The van der Waals surface area contributed by atoms with Crippen LogP contribution >= 0.6 is 78.3 Å². The summed E-state index contributed by atoms with van der Waals surface area (Å²) in [6.45, 7) is 3.43. The highest BCUT2D eigenvalue weighted by Crippen LogP contribution is 2.43. The Morgan fingerprint density at radius 1 is 0.649 bits per heavy atom. The van der Waals surface area contributed by atoms with E-state index in [-0.39, 0.29) is 5.91 Å². The van der Waals surface area contributed by atoms with E-state index in [1.54, 1.807) is 18.6 Å². The van der Waals surface area contributed by atoms with Crippen LogP contribution in [-0.2, 0) is 36.9 Å². The first-order valence-corrected chi connectivity index (χ1v) is 22.3. The summed E-state index contributed by atoms with van der Waals surface area (Å²) in [5.41, 5.74) is 15.3. The van der Waals surface area contributed by atoms with Crippen molar-refractivity contribution in [3.63, 3.8) is 0 Å². The zero-order valence-electron chi connectivity index (χ0n) is 31.1. The van der Waals surface area contributed by atoms with E-state index in [0.717, 1.165) is 127 Å². The van der Waals surface area contributed by atoms with Gasteiger partial charge in [0.05, 0.1) is 36.8 Å². The fourth-order valence-corrected chi connectivity index (χ4v) is 9.99. The van der Waals surface area contributed by atoms with Gasteiger partial charge in [0.15, 0.2) is 0 Å². The summed E-state index contributed by atoms with van der Waals surface area (Å²) >= 11 is 33.0. The molecule has 2 aromatic carbocycles. The first-order valence-electron chi connectivity index (χ1n) is 19.2. The van der Waals surface area contributed by atoms with Crippen molar-refractivity contribution in [1.82, 2.24) is 25.2 Å². The number of halogens is 6. The second kappa shape index (κ2) is 18.0. The minimum atomic E-state index is 0.156. The molecule has 0 bridgehead atoms. The van der Waals surface area contributed by atoms with E-state index in [2.05, 4.69) is 66.4 Å². The molecule has 0 radical (unpaired) electrons. The molecule has 2 saturated heterocycles. The van der Waals surface area contributed by atoms with Crippen molar-refractivity contribution in [3.05, 3.63) is 164 Å². The molecule has 2 fully saturated rings. The molecule has 1 amide bonds. The molecule has 0 atom stereocenters. The smallest absolute Gasteiger partial charge is 0.227 e. The quantitative estimate of drug-likeness (QED) is 0.191. The third-order valence-corrected chi connectivity index (χ3v) is 14.3. The van der Waals surface area contributed by atoms with E-state index >= 15 is 0 Å². The van der Waals surface area contributed by atoms with Crippen molar-refractivity contribution in [2.75, 3.05) is 26.2 Å². The minimum Gasteiger partial charge on any atom is -0.342 e. The highest BCUT2D eigenvalue weighted by atomic mass is 79.9. The van der Waals surface area contributed by atoms with Crippen LogP contribution in [0.25, 0.3) is 11.1 Å². The number of aryl methyl sites for hydroxylation is 2. The van der Waals surface area contributed by atoms with Crippen LogP contribution in [0, 0.1) is 0 Å². The number of likely N-dealkylation sites (tertiary alicyclic amines) is 1. The standard InChI is InChI=1S/C26H22BrCl2N3O.C19H17BrCl2N2/c27-22-15-31-26-21(25(22)29)3-1-18-14-19(28)2-4-20(18)24(26)17-7-11-32(12-8-17)23(33)13-16-5-9-30-10-6-16;20-16-10-24-19-15(18(16)22)3-1-12-9-13(21)2-4-14(12)17(19)11-5-7-23-8-6-11/h2,4-6,9-10,14-15H,1,3,7-8,11-13H2;2,4,9-10,23H,1,3,5-8H2. The molecule has 5 heterocycles. The molecule has 0 spiro atoms. The molecule has 5 aromatic rings. The van der Waals surface area contributed by atoms with Crippen molar-refractivity contribution < 1.29 is 4.79 Å². The minimum absolute atomic E-state index is 0.156. The fourth-order valence-electron chi connectivity index (χ4n) is 8.45. The second-order valence-electron chi connectivity index (χ2n) is 14.7. The largest absolute Gasteiger partial charge is 0.342 e. The molecular formula is C45H39Br2Cl4N5O. The molecule has 2 aliphatic heterocycles. The Morgan fingerprint density at radius 2 is 1.14 bits per heavy atom. The number of pyridine rings is 3. The van der Waals surface area contributed by atoms with Crippen LogP contribution in [-0.4, -0.2) is 51.9 Å². The number of aromatic nitrogens is 3. The fraction of sp³-hybridized carbons (Fsp3) is 0.289. The summed E-state index contributed by atoms with van der Waals surface area (Å²) in [7, 11) is 0. The highest BCUT2D eigenvalue weighted by molar-refractivity contribution is 9.10. The van der Waals surface area contributed by atoms with Gasteiger partial charge >= 0.3 is 0 Å². The van der Waals surface area contributed by atoms with E-state index < -0.39 is 0 Å². The number of amides is 1. The average molecular weight is 967 g/mol. The van der Waals surface area contributed by atoms with Crippen LogP contribution in [0.2, 0.25) is 20.1 Å². The molecule has 2 aliphatic carbocycles. The number of carbonyl (C=O) groups is 1. The first kappa shape index (κ1) is 40.7. The van der Waals surface area contributed by atoms with Crippen molar-refractivity contribution in [2.24, 2.45) is 0 Å². The summed E-state index contributed by atoms with van der Waals surface area (Å²) < 4.78 is 1.68. The summed E-state index contributed by atoms with van der Waals surface area (Å²) in [5, 5.41) is 6.47. The maximum absolute atomic E-state index is 12.9. The molecule has 0 unspecified atom stereocenters. The number of hydrogen-bond acceptors (Lipinski definition) is 5. The van der Waals surface area contributed by atoms with Gasteiger partial charge in [-0.3, -0.25) is 19.7 Å². The van der Waals surface area contributed by atoms with Gasteiger partial charge in [0, 0.05) is 59.1 Å². The third kappa shape index (κ3) is 8.79. The zero-order valence-corrected chi connectivity index (χ0v) is 37.3. The number of hydrogen-bond donors (Lipinski definition) is 1. The van der Waals surface area contributed by atoms with Gasteiger partial charge in [0.1, 0.15) is 0 Å². The first-order chi connectivity index (χ1) is 27.7. The summed E-state index contributed by atoms with van der Waals surface area (Å²) in [6.07, 6.45) is 14.7. The van der Waals surface area contributed by atoms with Crippen LogP contribution in [0.15, 0.2) is 93.4 Å². The Morgan fingerprint density at radius 3 is 1.65 bits per heavy atom. The predicted molar refractivity (Wildman–Crippen MR) is 240 cm³/mol. The zero-order chi connectivity index (χ0) is 39.6. The Hall–Kier alpha value is -3.08. The van der Waals surface area contributed by atoms with Crippen LogP contribution < -0.4 is 5.32 Å². The molecule has 0 saturated carbocycles. The van der Waals surface area contributed by atoms with Crippen molar-refractivity contribution in [1.29, 1.82) is 0 Å². The summed E-state index contributed by atoms with van der Waals surface area (Å²) in [6, 6.07) is 16.1. The van der Waals surface area contributed by atoms with E-state index in [0.29, 0.717) is 19.5 Å². The SMILES string of the molecule is Clc1ccc2c(c1)CCc1c(ncc(Br)c1Cl)C2=C1CCNCC1.O=C(Cc1ccncc1)N1CCC(=C2c3ccc(Cl)cc3CCc3c2ncc(Br)c3Cl)CC1. The molecule has 12 heteroatoms. The Bertz CT molecular complexity index is 2420. The Kier molecular flexibility index (Phi) is 12.9. The number of benzene rings is 2. The van der Waals surface area contributed by atoms with Gasteiger partial charge in [0.25, 0.3) is 0 Å². The van der Waals surface area contributed by atoms with Crippen LogP contribution in [0.5, 0.6) is 0 Å². The lowest BCUT2D eigenvalue weighted by molar-refractivity contribution is -0.130. The topological polar surface area (TPSA) is 71.0 Å². The van der Waals surface area contributed by atoms with Crippen LogP contribution in [0.4, 0.5) is 0 Å². The predicted octanol–water partition coefficient (Wildman–Crippen LogP) is 11.7. The second-order valence-corrected chi connectivity index (χ2v) is 18.1. The van der Waals surface area contributed by atoms with Crippen molar-refractivity contribution in [3.8, 4) is 0 Å². The van der Waals surface area contributed by atoms with Gasteiger partial charge < -0.3 is 10.2 Å².